The van der Waals surface area contributed by atoms with Gasteiger partial charge in [0.1, 0.15) is 0 Å². The number of nitrogens with zero attached hydrogens (tertiary/aromatic N) is 1. The van der Waals surface area contributed by atoms with Gasteiger partial charge < -0.3 is 37.2 Å². The minimum absolute atomic E-state index is 0.104. The number of fused-ring (bicyclic) bond motifs is 3. The van der Waals surface area contributed by atoms with Crippen molar-refractivity contribution in [1.82, 2.24) is 4.57 Å². The summed E-state index contributed by atoms with van der Waals surface area (Å²) in [4.78, 5) is 0. The van der Waals surface area contributed by atoms with Crippen molar-refractivity contribution in [1.29, 1.82) is 0 Å². The Bertz CT molecular complexity index is 1760. The zero-order valence-corrected chi connectivity index (χ0v) is 25.4. The second-order valence-corrected chi connectivity index (χ2v) is 11.2. The van der Waals surface area contributed by atoms with Gasteiger partial charge in [-0.2, -0.15) is 8.42 Å². The van der Waals surface area contributed by atoms with E-state index in [1.165, 1.54) is 20.3 Å². The number of aromatic nitrogens is 1. The van der Waals surface area contributed by atoms with Gasteiger partial charge in [0.25, 0.3) is 0 Å². The Morgan fingerprint density at radius 1 is 0.619 bits per heavy atom. The molecule has 0 bridgehead atoms. The third kappa shape index (κ3) is 5.16. The molecular weight excluding hydrogens is 562 g/mol. The van der Waals surface area contributed by atoms with Crippen LogP contribution in [-0.4, -0.2) is 61.9 Å². The molecule has 0 spiro atoms. The van der Waals surface area contributed by atoms with Gasteiger partial charge in [-0.1, -0.05) is 6.07 Å². The highest BCUT2D eigenvalue weighted by Crippen LogP contribution is 2.51. The fourth-order valence-corrected chi connectivity index (χ4v) is 5.87. The summed E-state index contributed by atoms with van der Waals surface area (Å²) in [5.74, 6) is 3.22. The Kier molecular flexibility index (Phi) is 7.87. The van der Waals surface area contributed by atoms with E-state index in [4.69, 9.17) is 32.6 Å². The number of methoxy groups -OCH3 is 6. The third-order valence-corrected chi connectivity index (χ3v) is 7.74. The van der Waals surface area contributed by atoms with Crippen LogP contribution in [0.1, 0.15) is 5.56 Å². The zero-order valence-electron chi connectivity index (χ0n) is 24.6. The van der Waals surface area contributed by atoms with E-state index in [9.17, 15) is 8.42 Å². The van der Waals surface area contributed by atoms with Crippen molar-refractivity contribution in [2.45, 2.75) is 13.0 Å². The van der Waals surface area contributed by atoms with Gasteiger partial charge in [0.15, 0.2) is 40.2 Å². The summed E-state index contributed by atoms with van der Waals surface area (Å²) >= 11 is 0. The Morgan fingerprint density at radius 2 is 1.17 bits per heavy atom. The van der Waals surface area contributed by atoms with E-state index in [1.807, 2.05) is 36.5 Å². The highest BCUT2D eigenvalue weighted by atomic mass is 32.2. The van der Waals surface area contributed by atoms with E-state index >= 15 is 0 Å². The van der Waals surface area contributed by atoms with Crippen molar-refractivity contribution in [2.24, 2.45) is 0 Å². The van der Waals surface area contributed by atoms with Gasteiger partial charge in [-0.3, -0.25) is 0 Å². The molecule has 222 valence electrons. The molecule has 0 fully saturated rings. The second-order valence-electron chi connectivity index (χ2n) is 9.63. The first-order valence-electron chi connectivity index (χ1n) is 13.0. The molecule has 5 rings (SSSR count). The summed E-state index contributed by atoms with van der Waals surface area (Å²) in [5, 5.41) is 0. The maximum absolute atomic E-state index is 12.4. The molecule has 0 amide bonds. The van der Waals surface area contributed by atoms with E-state index in [0.29, 0.717) is 46.6 Å². The largest absolute Gasteiger partial charge is 0.493 e. The molecule has 42 heavy (non-hydrogen) atoms. The van der Waals surface area contributed by atoms with Crippen molar-refractivity contribution in [3.8, 4) is 73.8 Å². The lowest BCUT2D eigenvalue weighted by Gasteiger charge is -2.23. The summed E-state index contributed by atoms with van der Waals surface area (Å²) in [6.45, 7) is 0.674. The van der Waals surface area contributed by atoms with Crippen LogP contribution in [0.3, 0.4) is 0 Å². The van der Waals surface area contributed by atoms with E-state index in [-0.39, 0.29) is 5.75 Å². The summed E-state index contributed by atoms with van der Waals surface area (Å²) in [6.07, 6.45) is 3.75. The molecule has 1 aromatic heterocycles. The summed E-state index contributed by atoms with van der Waals surface area (Å²) < 4.78 is 65.9. The lowest BCUT2D eigenvalue weighted by atomic mass is 9.90. The van der Waals surface area contributed by atoms with Crippen molar-refractivity contribution >= 4 is 10.1 Å². The van der Waals surface area contributed by atoms with Gasteiger partial charge in [-0.15, -0.1) is 0 Å². The van der Waals surface area contributed by atoms with Gasteiger partial charge in [0.05, 0.1) is 54.6 Å². The number of hydrogen-bond donors (Lipinski definition) is 0. The van der Waals surface area contributed by atoms with Gasteiger partial charge >= 0.3 is 10.1 Å². The highest BCUT2D eigenvalue weighted by Gasteiger charge is 2.29. The van der Waals surface area contributed by atoms with Crippen molar-refractivity contribution < 1.29 is 41.0 Å². The smallest absolute Gasteiger partial charge is 0.306 e. The number of benzene rings is 3. The van der Waals surface area contributed by atoms with Gasteiger partial charge in [-0.25, -0.2) is 0 Å². The van der Waals surface area contributed by atoms with Crippen LogP contribution in [0.5, 0.6) is 40.2 Å². The van der Waals surface area contributed by atoms with Crippen LogP contribution in [0.25, 0.3) is 33.5 Å². The first-order chi connectivity index (χ1) is 20.2. The molecule has 10 nitrogen and oxygen atoms in total. The predicted octanol–water partition coefficient (Wildman–Crippen LogP) is 5.44. The van der Waals surface area contributed by atoms with Crippen LogP contribution in [0.15, 0.2) is 48.7 Å². The molecule has 1 aliphatic rings. The van der Waals surface area contributed by atoms with Crippen LogP contribution in [0.4, 0.5) is 0 Å². The molecule has 0 aliphatic carbocycles. The first kappa shape index (κ1) is 29.0. The summed E-state index contributed by atoms with van der Waals surface area (Å²) in [7, 11) is 5.49. The molecule has 0 saturated heterocycles. The Morgan fingerprint density at radius 3 is 1.76 bits per heavy atom. The fraction of sp³-hybridized carbons (Fsp3) is 0.290. The van der Waals surface area contributed by atoms with Gasteiger partial charge in [0, 0.05) is 41.1 Å². The van der Waals surface area contributed by atoms with Crippen molar-refractivity contribution in [2.75, 3.05) is 48.9 Å². The van der Waals surface area contributed by atoms with Crippen molar-refractivity contribution in [3.05, 3.63) is 54.2 Å². The molecule has 3 aromatic carbocycles. The molecule has 1 aliphatic heterocycles. The minimum Gasteiger partial charge on any atom is -0.493 e. The SMILES string of the molecule is COc1ccc(-c2c(-c3cc(OC)c(OC)cc3OS(C)(=O)=O)cn3c2-c2cc(OC)c(OC)cc2CC3)cc1OC. The Labute approximate surface area is 245 Å². The molecule has 11 heteroatoms. The number of hydrogen-bond acceptors (Lipinski definition) is 9. The average molecular weight is 596 g/mol. The summed E-state index contributed by atoms with van der Waals surface area (Å²) in [6, 6.07) is 12.9. The quantitative estimate of drug-likeness (QED) is 0.222. The lowest BCUT2D eigenvalue weighted by Crippen LogP contribution is -2.11. The van der Waals surface area contributed by atoms with Crippen LogP contribution >= 0.6 is 0 Å². The topological polar surface area (TPSA) is 104 Å². The standard InChI is InChI=1S/C31H33NO9S/c1-35-23-9-8-19(13-25(23)36-2)30-22(21-15-28(39-5)29(40-6)16-24(21)41-42(7,33)34)17-32-11-10-18-12-26(37-3)27(38-4)14-20(18)31(30)32/h8-9,12-17H,10-11H2,1-7H3. The third-order valence-electron chi connectivity index (χ3n) is 7.25. The van der Waals surface area contributed by atoms with E-state index in [2.05, 4.69) is 4.57 Å². The first-order valence-corrected chi connectivity index (χ1v) is 14.8. The summed E-state index contributed by atoms with van der Waals surface area (Å²) in [5.41, 5.74) is 5.84. The zero-order chi connectivity index (χ0) is 30.2. The second kappa shape index (κ2) is 11.4. The Balaban J connectivity index is 1.89. The van der Waals surface area contributed by atoms with Crippen LogP contribution < -0.4 is 32.6 Å². The average Bonchev–Trinajstić information content (AvgIpc) is 3.38. The maximum atomic E-state index is 12.4. The van der Waals surface area contributed by atoms with Gasteiger partial charge in [0.2, 0.25) is 0 Å². The molecule has 0 atom stereocenters. The minimum atomic E-state index is -3.89. The molecule has 2 heterocycles. The normalized spacial score (nSPS) is 12.2. The van der Waals surface area contributed by atoms with Crippen LogP contribution in [0, 0.1) is 0 Å². The molecule has 0 unspecified atom stereocenters. The lowest BCUT2D eigenvalue weighted by molar-refractivity contribution is 0.353. The van der Waals surface area contributed by atoms with E-state index in [0.717, 1.165) is 46.2 Å². The number of aryl methyl sites for hydroxylation is 2. The molecule has 0 radical (unpaired) electrons. The molecule has 0 saturated carbocycles. The molecular formula is C31H33NO9S. The van der Waals surface area contributed by atoms with Crippen LogP contribution in [-0.2, 0) is 23.1 Å². The molecule has 4 aromatic rings. The highest BCUT2D eigenvalue weighted by molar-refractivity contribution is 7.86. The fourth-order valence-electron chi connectivity index (χ4n) is 5.40. The number of rotatable bonds is 10. The van der Waals surface area contributed by atoms with Crippen LogP contribution in [0.2, 0.25) is 0 Å². The number of ether oxygens (including phenoxy) is 6. The van der Waals surface area contributed by atoms with Crippen molar-refractivity contribution in [3.63, 3.8) is 0 Å². The Hall–Kier alpha value is -4.51. The van der Waals surface area contributed by atoms with Gasteiger partial charge in [-0.05, 0) is 47.9 Å². The maximum Gasteiger partial charge on any atom is 0.306 e. The predicted molar refractivity (Wildman–Crippen MR) is 159 cm³/mol. The van der Waals surface area contributed by atoms with E-state index in [1.54, 1.807) is 34.5 Å². The molecule has 0 N–H and O–H groups in total. The monoisotopic (exact) mass is 595 g/mol. The van der Waals surface area contributed by atoms with E-state index < -0.39 is 10.1 Å².